The van der Waals surface area contributed by atoms with Gasteiger partial charge in [-0.05, 0) is 52.9 Å². The minimum absolute atomic E-state index is 0.201. The quantitative estimate of drug-likeness (QED) is 0.348. The summed E-state index contributed by atoms with van der Waals surface area (Å²) in [6.07, 6.45) is 7.85. The first-order valence-corrected chi connectivity index (χ1v) is 11.9. The average molecular weight is 489 g/mol. The molecule has 0 saturated heterocycles. The average Bonchev–Trinajstić information content (AvgIpc) is 2.96. The molecule has 1 N–H and O–H groups in total. The van der Waals surface area contributed by atoms with Crippen LogP contribution in [0.25, 0.3) is 38.5 Å². The third-order valence-corrected chi connectivity index (χ3v) is 6.56. The molecule has 5 aromatic rings. The van der Waals surface area contributed by atoms with Gasteiger partial charge in [0.1, 0.15) is 0 Å². The van der Waals surface area contributed by atoms with Crippen LogP contribution in [0, 0.1) is 0 Å². The minimum Gasteiger partial charge on any atom is -0.493 e. The molecule has 0 bridgehead atoms. The number of hydrogen-bond donors (Lipinski definition) is 1. The van der Waals surface area contributed by atoms with Crippen LogP contribution in [0.5, 0.6) is 11.5 Å². The van der Waals surface area contributed by atoms with Crippen LogP contribution in [0.3, 0.4) is 0 Å². The number of aromatic amines is 1. The molecule has 1 aliphatic heterocycles. The number of fused-ring (bicyclic) bond motifs is 2. The van der Waals surface area contributed by atoms with Gasteiger partial charge in [0.2, 0.25) is 5.95 Å². The molecule has 7 heteroatoms. The van der Waals surface area contributed by atoms with Crippen molar-refractivity contribution in [3.05, 3.63) is 107 Å². The zero-order chi connectivity index (χ0) is 25.4. The van der Waals surface area contributed by atoms with Gasteiger partial charge in [-0.25, -0.2) is 4.98 Å². The van der Waals surface area contributed by atoms with Crippen LogP contribution in [0.1, 0.15) is 5.56 Å². The Hall–Kier alpha value is -4.91. The predicted molar refractivity (Wildman–Crippen MR) is 147 cm³/mol. The third-order valence-electron chi connectivity index (χ3n) is 6.56. The van der Waals surface area contributed by atoms with Crippen molar-refractivity contribution in [1.29, 1.82) is 0 Å². The predicted octanol–water partition coefficient (Wildman–Crippen LogP) is 5.57. The van der Waals surface area contributed by atoms with Gasteiger partial charge in [0.25, 0.3) is 5.56 Å². The van der Waals surface area contributed by atoms with Gasteiger partial charge >= 0.3 is 0 Å². The summed E-state index contributed by atoms with van der Waals surface area (Å²) in [5.74, 6) is 1.77. The summed E-state index contributed by atoms with van der Waals surface area (Å²) in [5, 5.41) is 2.37. The number of rotatable bonds is 5. The van der Waals surface area contributed by atoms with Crippen molar-refractivity contribution in [1.82, 2.24) is 15.0 Å². The molecule has 182 valence electrons. The fourth-order valence-electron chi connectivity index (χ4n) is 4.64. The molecule has 0 amide bonds. The van der Waals surface area contributed by atoms with Gasteiger partial charge in [0.05, 0.1) is 30.8 Å². The van der Waals surface area contributed by atoms with E-state index in [9.17, 15) is 4.79 Å². The smallest absolute Gasteiger partial charge is 0.260 e. The Morgan fingerprint density at radius 3 is 2.46 bits per heavy atom. The van der Waals surface area contributed by atoms with Gasteiger partial charge in [-0.1, -0.05) is 42.5 Å². The highest BCUT2D eigenvalue weighted by Gasteiger charge is 2.15. The lowest BCUT2D eigenvalue weighted by Gasteiger charge is -2.21. The summed E-state index contributed by atoms with van der Waals surface area (Å²) in [4.78, 5) is 27.4. The van der Waals surface area contributed by atoms with E-state index in [0.29, 0.717) is 34.9 Å². The molecule has 7 nitrogen and oxygen atoms in total. The number of nitrogens with zero attached hydrogens (tertiary/aromatic N) is 3. The number of ether oxygens (including phenoxy) is 2. The van der Waals surface area contributed by atoms with E-state index in [-0.39, 0.29) is 5.56 Å². The van der Waals surface area contributed by atoms with Crippen molar-refractivity contribution >= 4 is 33.2 Å². The lowest BCUT2D eigenvalue weighted by atomic mass is 10.0. The fraction of sp³-hybridized carbons (Fsp3) is 0.100. The molecule has 0 unspecified atom stereocenters. The fourth-order valence-corrected chi connectivity index (χ4v) is 4.64. The summed E-state index contributed by atoms with van der Waals surface area (Å²) in [7, 11) is 3.22. The second kappa shape index (κ2) is 9.28. The Labute approximate surface area is 213 Å². The number of H-pyrrole nitrogens is 1. The van der Waals surface area contributed by atoms with Crippen molar-refractivity contribution in [2.75, 3.05) is 25.7 Å². The van der Waals surface area contributed by atoms with E-state index in [1.54, 1.807) is 20.4 Å². The molecule has 2 aromatic heterocycles. The Morgan fingerprint density at radius 1 is 0.892 bits per heavy atom. The zero-order valence-corrected chi connectivity index (χ0v) is 20.4. The van der Waals surface area contributed by atoms with Crippen LogP contribution in [-0.2, 0) is 0 Å². The molecule has 37 heavy (non-hydrogen) atoms. The van der Waals surface area contributed by atoms with Crippen LogP contribution < -0.4 is 19.9 Å². The van der Waals surface area contributed by atoms with E-state index in [4.69, 9.17) is 14.5 Å². The van der Waals surface area contributed by atoms with E-state index < -0.39 is 0 Å². The molecule has 3 aromatic carbocycles. The number of allylic oxidation sites excluding steroid dienone is 2. The lowest BCUT2D eigenvalue weighted by Crippen LogP contribution is -2.24. The van der Waals surface area contributed by atoms with Crippen LogP contribution in [0.4, 0.5) is 5.95 Å². The summed E-state index contributed by atoms with van der Waals surface area (Å²) >= 11 is 0. The van der Waals surface area contributed by atoms with E-state index >= 15 is 0 Å². The number of nitrogens with one attached hydrogen (secondary N) is 1. The SMILES string of the molecule is COc1cc2ccnc(-c3ccc4nc(N5C=CC(c6ccccc6)=CC5)[nH]c(=O)c4c3)c2cc1OC. The molecule has 0 saturated carbocycles. The molecule has 0 spiro atoms. The first kappa shape index (κ1) is 22.5. The van der Waals surface area contributed by atoms with Gasteiger partial charge in [-0.15, -0.1) is 0 Å². The maximum atomic E-state index is 13.1. The van der Waals surface area contributed by atoms with Crippen molar-refractivity contribution in [3.8, 4) is 22.8 Å². The van der Waals surface area contributed by atoms with Gasteiger partial charge in [0.15, 0.2) is 11.5 Å². The summed E-state index contributed by atoms with van der Waals surface area (Å²) in [5.41, 5.74) is 4.28. The molecule has 0 radical (unpaired) electrons. The van der Waals surface area contributed by atoms with E-state index in [1.165, 1.54) is 0 Å². The maximum Gasteiger partial charge on any atom is 0.260 e. The Bertz CT molecular complexity index is 1760. The van der Waals surface area contributed by atoms with Crippen LogP contribution in [-0.4, -0.2) is 35.7 Å². The van der Waals surface area contributed by atoms with Crippen LogP contribution in [0.15, 0.2) is 96.1 Å². The molecular weight excluding hydrogens is 464 g/mol. The lowest BCUT2D eigenvalue weighted by molar-refractivity contribution is 0.356. The van der Waals surface area contributed by atoms with Gasteiger partial charge in [0, 0.05) is 29.9 Å². The number of aromatic nitrogens is 3. The second-order valence-corrected chi connectivity index (χ2v) is 8.70. The van der Waals surface area contributed by atoms with Crippen molar-refractivity contribution in [2.45, 2.75) is 0 Å². The Morgan fingerprint density at radius 2 is 1.70 bits per heavy atom. The Balaban J connectivity index is 1.36. The normalized spacial score (nSPS) is 13.1. The van der Waals surface area contributed by atoms with E-state index in [2.05, 4.69) is 28.2 Å². The maximum absolute atomic E-state index is 13.1. The molecule has 1 aliphatic rings. The first-order chi connectivity index (χ1) is 18.1. The Kier molecular flexibility index (Phi) is 5.65. The molecule has 0 fully saturated rings. The number of hydrogen-bond acceptors (Lipinski definition) is 6. The second-order valence-electron chi connectivity index (χ2n) is 8.70. The molecule has 0 atom stereocenters. The number of benzene rings is 3. The molecule has 0 aliphatic carbocycles. The number of methoxy groups -OCH3 is 2. The van der Waals surface area contributed by atoms with Gasteiger partial charge < -0.3 is 14.4 Å². The standard InChI is InChI=1S/C30H24N4O3/c1-36-26-17-21-10-13-31-28(23(21)18-27(26)37-2)22-8-9-25-24(16-22)29(35)33-30(32-25)34-14-11-20(12-15-34)19-6-4-3-5-7-19/h3-14,16-18H,15H2,1-2H3,(H,32,33,35). The zero-order valence-electron chi connectivity index (χ0n) is 20.4. The first-order valence-electron chi connectivity index (χ1n) is 11.9. The summed E-state index contributed by atoms with van der Waals surface area (Å²) < 4.78 is 10.9. The van der Waals surface area contributed by atoms with Gasteiger partial charge in [-0.2, -0.15) is 0 Å². The number of anilines is 1. The molecule has 6 rings (SSSR count). The summed E-state index contributed by atoms with van der Waals surface area (Å²) in [6.45, 7) is 0.610. The van der Waals surface area contributed by atoms with Gasteiger partial charge in [-0.3, -0.25) is 14.8 Å². The van der Waals surface area contributed by atoms with Crippen LogP contribution >= 0.6 is 0 Å². The highest BCUT2D eigenvalue weighted by atomic mass is 16.5. The largest absolute Gasteiger partial charge is 0.493 e. The highest BCUT2D eigenvalue weighted by molar-refractivity contribution is 5.98. The minimum atomic E-state index is -0.201. The third kappa shape index (κ3) is 4.10. The summed E-state index contributed by atoms with van der Waals surface area (Å²) in [6, 6.07) is 21.6. The highest BCUT2D eigenvalue weighted by Crippen LogP contribution is 2.36. The topological polar surface area (TPSA) is 80.3 Å². The van der Waals surface area contributed by atoms with Crippen molar-refractivity contribution in [3.63, 3.8) is 0 Å². The number of pyridine rings is 1. The molecule has 3 heterocycles. The van der Waals surface area contributed by atoms with E-state index in [1.807, 2.05) is 71.8 Å². The van der Waals surface area contributed by atoms with E-state index in [0.717, 1.165) is 33.2 Å². The molecular formula is C30H24N4O3. The van der Waals surface area contributed by atoms with Crippen molar-refractivity contribution < 1.29 is 9.47 Å². The van der Waals surface area contributed by atoms with Crippen molar-refractivity contribution in [2.24, 2.45) is 0 Å². The monoisotopic (exact) mass is 488 g/mol. The van der Waals surface area contributed by atoms with Crippen LogP contribution in [0.2, 0.25) is 0 Å².